The van der Waals surface area contributed by atoms with E-state index in [0.717, 1.165) is 16.0 Å². The molecule has 0 N–H and O–H groups in total. The zero-order valence-corrected chi connectivity index (χ0v) is 10.6. The van der Waals surface area contributed by atoms with Gasteiger partial charge in [-0.3, -0.25) is 0 Å². The fourth-order valence-electron chi connectivity index (χ4n) is 1.65. The number of nitrogens with zero attached hydrogens (tertiary/aromatic N) is 2. The van der Waals surface area contributed by atoms with Crippen molar-refractivity contribution in [2.75, 3.05) is 19.0 Å². The van der Waals surface area contributed by atoms with Crippen LogP contribution >= 0.6 is 0 Å². The van der Waals surface area contributed by atoms with E-state index in [4.69, 9.17) is 0 Å². The Hall–Kier alpha value is -2.29. The summed E-state index contributed by atoms with van der Waals surface area (Å²) in [5, 5.41) is 11.9. The summed E-state index contributed by atoms with van der Waals surface area (Å²) in [7, 11) is 3.94. The van der Waals surface area contributed by atoms with Crippen molar-refractivity contribution in [3.05, 3.63) is 65.4 Å². The van der Waals surface area contributed by atoms with Crippen LogP contribution in [-0.4, -0.2) is 25.0 Å². The molecule has 0 radical (unpaired) electrons. The quantitative estimate of drug-likeness (QED) is 0.357. The molecule has 0 heterocycles. The Kier molecular flexibility index (Phi) is 3.63. The average Bonchev–Trinajstić information content (AvgIpc) is 2.40. The molecule has 0 bridgehead atoms. The molecule has 0 atom stereocenters. The van der Waals surface area contributed by atoms with Crippen LogP contribution in [0.15, 0.2) is 54.6 Å². The molecule has 0 amide bonds. The Labute approximate surface area is 107 Å². The Bertz CT molecular complexity index is 530. The van der Waals surface area contributed by atoms with E-state index in [-0.39, 0.29) is 0 Å². The Morgan fingerprint density at radius 1 is 0.944 bits per heavy atom. The first kappa shape index (κ1) is 12.2. The molecule has 0 saturated carbocycles. The number of anilines is 1. The van der Waals surface area contributed by atoms with Gasteiger partial charge in [-0.05, 0) is 24.3 Å². The minimum Gasteiger partial charge on any atom is -0.618 e. The lowest BCUT2D eigenvalue weighted by Crippen LogP contribution is -2.08. The second-order valence-corrected chi connectivity index (χ2v) is 4.28. The molecule has 0 saturated heterocycles. The fraction of sp³-hybridized carbons (Fsp3) is 0.133. The summed E-state index contributed by atoms with van der Waals surface area (Å²) in [6.07, 6.45) is 1.57. The second kappa shape index (κ2) is 5.36. The van der Waals surface area contributed by atoms with Crippen molar-refractivity contribution in [3.63, 3.8) is 0 Å². The van der Waals surface area contributed by atoms with Crippen LogP contribution in [0.1, 0.15) is 5.56 Å². The first-order valence-electron chi connectivity index (χ1n) is 5.80. The van der Waals surface area contributed by atoms with Gasteiger partial charge in [-0.2, -0.15) is 4.74 Å². The minimum absolute atomic E-state index is 0.629. The van der Waals surface area contributed by atoms with Crippen LogP contribution in [0, 0.1) is 5.21 Å². The zero-order valence-electron chi connectivity index (χ0n) is 10.6. The van der Waals surface area contributed by atoms with Crippen molar-refractivity contribution in [1.29, 1.82) is 0 Å². The predicted molar refractivity (Wildman–Crippen MR) is 75.7 cm³/mol. The van der Waals surface area contributed by atoms with Gasteiger partial charge in [-0.1, -0.05) is 18.2 Å². The summed E-state index contributed by atoms with van der Waals surface area (Å²) in [5.74, 6) is 0. The van der Waals surface area contributed by atoms with Gasteiger partial charge in [0.25, 0.3) is 0 Å². The Morgan fingerprint density at radius 3 is 2.11 bits per heavy atom. The van der Waals surface area contributed by atoms with Crippen LogP contribution in [0.2, 0.25) is 0 Å². The summed E-state index contributed by atoms with van der Waals surface area (Å²) >= 11 is 0. The lowest BCUT2D eigenvalue weighted by Gasteiger charge is -2.12. The molecule has 0 aliphatic carbocycles. The molecule has 2 aromatic rings. The summed E-state index contributed by atoms with van der Waals surface area (Å²) in [6, 6.07) is 17.1. The predicted octanol–water partition coefficient (Wildman–Crippen LogP) is 3.01. The maximum Gasteiger partial charge on any atom is 0.216 e. The molecule has 0 aliphatic heterocycles. The molecule has 0 aliphatic rings. The van der Waals surface area contributed by atoms with Gasteiger partial charge in [0.2, 0.25) is 5.69 Å². The van der Waals surface area contributed by atoms with Crippen molar-refractivity contribution in [2.24, 2.45) is 0 Å². The highest BCUT2D eigenvalue weighted by atomic mass is 16.5. The zero-order chi connectivity index (χ0) is 13.0. The van der Waals surface area contributed by atoms with Crippen molar-refractivity contribution in [3.8, 4) is 0 Å². The molecule has 18 heavy (non-hydrogen) atoms. The van der Waals surface area contributed by atoms with E-state index in [1.165, 1.54) is 0 Å². The van der Waals surface area contributed by atoms with Gasteiger partial charge >= 0.3 is 0 Å². The van der Waals surface area contributed by atoms with Crippen LogP contribution in [0.4, 0.5) is 11.4 Å². The van der Waals surface area contributed by atoms with Crippen molar-refractivity contribution in [2.45, 2.75) is 0 Å². The third kappa shape index (κ3) is 2.88. The van der Waals surface area contributed by atoms with E-state index in [0.29, 0.717) is 5.69 Å². The van der Waals surface area contributed by atoms with Gasteiger partial charge in [0.05, 0.1) is 0 Å². The lowest BCUT2D eigenvalue weighted by molar-refractivity contribution is -0.354. The van der Waals surface area contributed by atoms with E-state index < -0.39 is 0 Å². The monoisotopic (exact) mass is 240 g/mol. The first-order chi connectivity index (χ1) is 8.66. The summed E-state index contributed by atoms with van der Waals surface area (Å²) in [4.78, 5) is 2.00. The Balaban J connectivity index is 2.24. The van der Waals surface area contributed by atoms with Crippen LogP contribution in [0.3, 0.4) is 0 Å². The van der Waals surface area contributed by atoms with E-state index in [1.807, 2.05) is 73.6 Å². The summed E-state index contributed by atoms with van der Waals surface area (Å²) in [6.45, 7) is 0. The molecular weight excluding hydrogens is 224 g/mol. The third-order valence-electron chi connectivity index (χ3n) is 2.69. The highest BCUT2D eigenvalue weighted by Gasteiger charge is 2.02. The van der Waals surface area contributed by atoms with Gasteiger partial charge < -0.3 is 10.1 Å². The molecule has 3 heteroatoms. The van der Waals surface area contributed by atoms with Gasteiger partial charge in [-0.25, -0.2) is 0 Å². The second-order valence-electron chi connectivity index (χ2n) is 4.28. The lowest BCUT2D eigenvalue weighted by atomic mass is 10.2. The fourth-order valence-corrected chi connectivity index (χ4v) is 1.65. The van der Waals surface area contributed by atoms with E-state index >= 15 is 0 Å². The standard InChI is InChI=1S/C15H16N2O/c1-16(2)14-8-10-15(11-9-14)17(18)12-13-6-4-3-5-7-13/h3-12H,1-2H3/b17-12-. The van der Waals surface area contributed by atoms with Gasteiger partial charge in [0.15, 0.2) is 6.21 Å². The van der Waals surface area contributed by atoms with E-state index in [2.05, 4.69) is 0 Å². The first-order valence-corrected chi connectivity index (χ1v) is 5.80. The smallest absolute Gasteiger partial charge is 0.216 e. The topological polar surface area (TPSA) is 29.3 Å². The van der Waals surface area contributed by atoms with E-state index in [9.17, 15) is 5.21 Å². The highest BCUT2D eigenvalue weighted by molar-refractivity contribution is 5.76. The molecule has 0 spiro atoms. The van der Waals surface area contributed by atoms with Crippen molar-refractivity contribution in [1.82, 2.24) is 0 Å². The maximum atomic E-state index is 11.9. The SMILES string of the molecule is CN(C)c1ccc(/[N+]([O-])=C/c2ccccc2)cc1. The molecule has 0 fully saturated rings. The molecule has 3 nitrogen and oxygen atoms in total. The molecule has 2 rings (SSSR count). The van der Waals surface area contributed by atoms with Crippen LogP contribution < -0.4 is 4.90 Å². The van der Waals surface area contributed by atoms with Crippen LogP contribution in [0.5, 0.6) is 0 Å². The molecule has 92 valence electrons. The van der Waals surface area contributed by atoms with Crippen molar-refractivity contribution < 1.29 is 4.74 Å². The maximum absolute atomic E-state index is 11.9. The third-order valence-corrected chi connectivity index (χ3v) is 2.69. The van der Waals surface area contributed by atoms with Crippen LogP contribution in [-0.2, 0) is 0 Å². The van der Waals surface area contributed by atoms with Gasteiger partial charge in [-0.15, -0.1) is 0 Å². The molecular formula is C15H16N2O. The summed E-state index contributed by atoms with van der Waals surface area (Å²) in [5.41, 5.74) is 2.60. The number of hydrogen-bond donors (Lipinski definition) is 0. The van der Waals surface area contributed by atoms with Crippen molar-refractivity contribution >= 4 is 17.6 Å². The van der Waals surface area contributed by atoms with Gasteiger partial charge in [0.1, 0.15) is 0 Å². The highest BCUT2D eigenvalue weighted by Crippen LogP contribution is 2.17. The molecule has 0 unspecified atom stereocenters. The van der Waals surface area contributed by atoms with Gasteiger partial charge in [0, 0.05) is 37.5 Å². The average molecular weight is 240 g/mol. The van der Waals surface area contributed by atoms with Crippen LogP contribution in [0.25, 0.3) is 0 Å². The summed E-state index contributed by atoms with van der Waals surface area (Å²) < 4.78 is 0.884. The largest absolute Gasteiger partial charge is 0.618 e. The number of benzene rings is 2. The molecule has 0 aromatic heterocycles. The minimum atomic E-state index is 0.629. The normalized spacial score (nSPS) is 11.3. The number of rotatable bonds is 3. The number of hydrogen-bond acceptors (Lipinski definition) is 2. The van der Waals surface area contributed by atoms with E-state index in [1.54, 1.807) is 6.21 Å². The molecule has 2 aromatic carbocycles. The Morgan fingerprint density at radius 2 is 1.56 bits per heavy atom.